The molecule has 2 nitrogen and oxygen atoms in total. The van der Waals surface area contributed by atoms with Crippen LogP contribution in [0.3, 0.4) is 0 Å². The Hall–Kier alpha value is -0.610. The lowest BCUT2D eigenvalue weighted by Gasteiger charge is -2.21. The van der Waals surface area contributed by atoms with Crippen LogP contribution in [0.2, 0.25) is 0 Å². The molecule has 2 rings (SSSR count). The first-order valence-electron chi connectivity index (χ1n) is 7.04. The lowest BCUT2D eigenvalue weighted by Crippen LogP contribution is -2.28. The summed E-state index contributed by atoms with van der Waals surface area (Å²) in [6, 6.07) is 4.73. The number of hydrogen-bond acceptors (Lipinski definition) is 2. The third-order valence-electron chi connectivity index (χ3n) is 3.60. The number of ether oxygens (including phenoxy) is 1. The van der Waals surface area contributed by atoms with Crippen molar-refractivity contribution >= 4 is 15.9 Å². The van der Waals surface area contributed by atoms with Gasteiger partial charge in [0, 0.05) is 6.54 Å². The second-order valence-electron chi connectivity index (χ2n) is 5.13. The van der Waals surface area contributed by atoms with Gasteiger partial charge >= 0.3 is 0 Å². The highest BCUT2D eigenvalue weighted by Crippen LogP contribution is 2.23. The molecule has 0 spiro atoms. The molecule has 4 heteroatoms. The van der Waals surface area contributed by atoms with Gasteiger partial charge in [0.2, 0.25) is 0 Å². The molecule has 0 unspecified atom stereocenters. The van der Waals surface area contributed by atoms with Crippen molar-refractivity contribution in [1.29, 1.82) is 0 Å². The molecule has 0 heterocycles. The average molecular weight is 330 g/mol. The quantitative estimate of drug-likeness (QED) is 0.792. The number of benzene rings is 1. The number of nitrogens with one attached hydrogen (secondary N) is 1. The molecule has 1 aliphatic rings. The smallest absolute Gasteiger partial charge is 0.137 e. The van der Waals surface area contributed by atoms with Crippen molar-refractivity contribution < 1.29 is 9.13 Å². The average Bonchev–Trinajstić information content (AvgIpc) is 2.43. The Morgan fingerprint density at radius 2 is 2.05 bits per heavy atom. The molecule has 1 aromatic carbocycles. The number of hydrogen-bond donors (Lipinski definition) is 1. The third kappa shape index (κ3) is 5.11. The third-order valence-corrected chi connectivity index (χ3v) is 4.20. The van der Waals surface area contributed by atoms with Crippen molar-refractivity contribution in [1.82, 2.24) is 5.32 Å². The van der Waals surface area contributed by atoms with Gasteiger partial charge in [0.25, 0.3) is 0 Å². The summed E-state index contributed by atoms with van der Waals surface area (Å²) in [5.74, 6) is 1.28. The largest absolute Gasteiger partial charge is 0.492 e. The van der Waals surface area contributed by atoms with Crippen LogP contribution in [0, 0.1) is 11.7 Å². The Balaban J connectivity index is 1.59. The van der Waals surface area contributed by atoms with Gasteiger partial charge < -0.3 is 10.1 Å². The van der Waals surface area contributed by atoms with Gasteiger partial charge in [-0.15, -0.1) is 0 Å². The molecular formula is C15H21BrFNO. The van der Waals surface area contributed by atoms with Gasteiger partial charge in [-0.1, -0.05) is 19.3 Å². The Morgan fingerprint density at radius 3 is 2.79 bits per heavy atom. The standard InChI is InChI=1S/C15H21BrFNO/c16-14-10-13(6-7-15(14)17)19-9-8-18-11-12-4-2-1-3-5-12/h6-7,10,12,18H,1-5,8-9,11H2. The van der Waals surface area contributed by atoms with Crippen LogP contribution in [-0.4, -0.2) is 19.7 Å². The molecule has 1 aliphatic carbocycles. The van der Waals surface area contributed by atoms with Crippen LogP contribution in [0.4, 0.5) is 4.39 Å². The summed E-state index contributed by atoms with van der Waals surface area (Å²) >= 11 is 3.15. The summed E-state index contributed by atoms with van der Waals surface area (Å²) in [6.45, 7) is 2.55. The summed E-state index contributed by atoms with van der Waals surface area (Å²) < 4.78 is 19.0. The van der Waals surface area contributed by atoms with Crippen LogP contribution in [0.1, 0.15) is 32.1 Å². The molecule has 1 fully saturated rings. The van der Waals surface area contributed by atoms with E-state index in [4.69, 9.17) is 4.74 Å². The van der Waals surface area contributed by atoms with E-state index in [0.717, 1.165) is 19.0 Å². The Morgan fingerprint density at radius 1 is 1.26 bits per heavy atom. The summed E-state index contributed by atoms with van der Waals surface area (Å²) in [5.41, 5.74) is 0. The molecule has 1 aromatic rings. The lowest BCUT2D eigenvalue weighted by atomic mass is 9.89. The molecule has 0 saturated heterocycles. The maximum Gasteiger partial charge on any atom is 0.137 e. The SMILES string of the molecule is Fc1ccc(OCCNCC2CCCCC2)cc1Br. The number of halogens is 2. The molecule has 0 aromatic heterocycles. The van der Waals surface area contributed by atoms with Crippen LogP contribution < -0.4 is 10.1 Å². The van der Waals surface area contributed by atoms with Crippen molar-refractivity contribution in [2.45, 2.75) is 32.1 Å². The van der Waals surface area contributed by atoms with Crippen molar-refractivity contribution in [3.63, 3.8) is 0 Å². The highest BCUT2D eigenvalue weighted by molar-refractivity contribution is 9.10. The fraction of sp³-hybridized carbons (Fsp3) is 0.600. The predicted octanol–water partition coefficient (Wildman–Crippen LogP) is 4.14. The van der Waals surface area contributed by atoms with Crippen LogP contribution in [-0.2, 0) is 0 Å². The van der Waals surface area contributed by atoms with Crippen LogP contribution >= 0.6 is 15.9 Å². The van der Waals surface area contributed by atoms with Gasteiger partial charge in [-0.25, -0.2) is 4.39 Å². The monoisotopic (exact) mass is 329 g/mol. The minimum Gasteiger partial charge on any atom is -0.492 e. The lowest BCUT2D eigenvalue weighted by molar-refractivity contribution is 0.294. The summed E-state index contributed by atoms with van der Waals surface area (Å²) in [4.78, 5) is 0. The van der Waals surface area contributed by atoms with E-state index in [1.165, 1.54) is 38.2 Å². The second kappa shape index (κ2) is 7.85. The molecule has 1 saturated carbocycles. The Labute approximate surface area is 122 Å². The van der Waals surface area contributed by atoms with E-state index in [1.807, 2.05) is 0 Å². The van der Waals surface area contributed by atoms with Crippen molar-refractivity contribution in [2.75, 3.05) is 19.7 Å². The Bertz CT molecular complexity index is 394. The van der Waals surface area contributed by atoms with Crippen LogP contribution in [0.15, 0.2) is 22.7 Å². The predicted molar refractivity (Wildman–Crippen MR) is 79.0 cm³/mol. The molecule has 0 aliphatic heterocycles. The molecule has 0 radical (unpaired) electrons. The zero-order valence-corrected chi connectivity index (χ0v) is 12.7. The molecule has 0 atom stereocenters. The van der Waals surface area contributed by atoms with E-state index in [0.29, 0.717) is 16.8 Å². The van der Waals surface area contributed by atoms with E-state index < -0.39 is 0 Å². The fourth-order valence-corrected chi connectivity index (χ4v) is 2.86. The normalized spacial score (nSPS) is 16.5. The van der Waals surface area contributed by atoms with E-state index in [1.54, 1.807) is 12.1 Å². The molecule has 106 valence electrons. The zero-order chi connectivity index (χ0) is 13.5. The molecule has 1 N–H and O–H groups in total. The van der Waals surface area contributed by atoms with Crippen molar-refractivity contribution in [3.8, 4) is 5.75 Å². The highest BCUT2D eigenvalue weighted by atomic mass is 79.9. The minimum atomic E-state index is -0.261. The van der Waals surface area contributed by atoms with E-state index in [2.05, 4.69) is 21.2 Å². The van der Waals surface area contributed by atoms with Crippen LogP contribution in [0.25, 0.3) is 0 Å². The van der Waals surface area contributed by atoms with Gasteiger partial charge in [-0.05, 0) is 59.4 Å². The molecule has 19 heavy (non-hydrogen) atoms. The first kappa shape index (κ1) is 14.8. The van der Waals surface area contributed by atoms with E-state index >= 15 is 0 Å². The van der Waals surface area contributed by atoms with Gasteiger partial charge in [-0.3, -0.25) is 0 Å². The van der Waals surface area contributed by atoms with Gasteiger partial charge in [0.1, 0.15) is 18.2 Å². The van der Waals surface area contributed by atoms with E-state index in [-0.39, 0.29) is 5.82 Å². The fourth-order valence-electron chi connectivity index (χ4n) is 2.51. The summed E-state index contributed by atoms with van der Waals surface area (Å²) in [6.07, 6.45) is 6.88. The van der Waals surface area contributed by atoms with Crippen molar-refractivity contribution in [2.24, 2.45) is 5.92 Å². The van der Waals surface area contributed by atoms with Gasteiger partial charge in [-0.2, -0.15) is 0 Å². The molecule has 0 amide bonds. The zero-order valence-electron chi connectivity index (χ0n) is 11.1. The highest BCUT2D eigenvalue weighted by Gasteiger charge is 2.12. The molecule has 0 bridgehead atoms. The summed E-state index contributed by atoms with van der Waals surface area (Å²) in [5, 5.41) is 3.44. The number of rotatable bonds is 6. The second-order valence-corrected chi connectivity index (χ2v) is 5.99. The summed E-state index contributed by atoms with van der Waals surface area (Å²) in [7, 11) is 0. The Kier molecular flexibility index (Phi) is 6.11. The van der Waals surface area contributed by atoms with Crippen molar-refractivity contribution in [3.05, 3.63) is 28.5 Å². The van der Waals surface area contributed by atoms with Crippen LogP contribution in [0.5, 0.6) is 5.75 Å². The first-order chi connectivity index (χ1) is 9.25. The molecular weight excluding hydrogens is 309 g/mol. The minimum absolute atomic E-state index is 0.261. The topological polar surface area (TPSA) is 21.3 Å². The first-order valence-corrected chi connectivity index (χ1v) is 7.83. The van der Waals surface area contributed by atoms with Gasteiger partial charge in [0.15, 0.2) is 0 Å². The van der Waals surface area contributed by atoms with Gasteiger partial charge in [0.05, 0.1) is 4.47 Å². The van der Waals surface area contributed by atoms with E-state index in [9.17, 15) is 4.39 Å². The maximum absolute atomic E-state index is 13.0. The maximum atomic E-state index is 13.0.